The van der Waals surface area contributed by atoms with Gasteiger partial charge in [0.15, 0.2) is 0 Å². The zero-order valence-electron chi connectivity index (χ0n) is 18.1. The minimum atomic E-state index is -0.212. The van der Waals surface area contributed by atoms with Crippen LogP contribution in [0, 0.1) is 11.6 Å². The summed E-state index contributed by atoms with van der Waals surface area (Å²) in [4.78, 5) is 4.73. The normalized spacial score (nSPS) is 21.3. The van der Waals surface area contributed by atoms with Crippen molar-refractivity contribution in [3.63, 3.8) is 0 Å². The van der Waals surface area contributed by atoms with Crippen molar-refractivity contribution in [2.24, 2.45) is 7.05 Å². The first kappa shape index (κ1) is 22.0. The van der Waals surface area contributed by atoms with E-state index < -0.39 is 0 Å². The second kappa shape index (κ2) is 8.38. The number of likely N-dealkylation sites (N-methyl/N-ethyl adjacent to an activating group) is 2. The van der Waals surface area contributed by atoms with E-state index in [4.69, 9.17) is 0 Å². The Labute approximate surface area is 188 Å². The molecule has 3 heterocycles. The van der Waals surface area contributed by atoms with Crippen molar-refractivity contribution >= 4 is 12.4 Å². The van der Waals surface area contributed by atoms with Crippen molar-refractivity contribution in [2.45, 2.75) is 24.9 Å². The van der Waals surface area contributed by atoms with Crippen LogP contribution in [0.5, 0.6) is 0 Å². The highest BCUT2D eigenvalue weighted by atomic mass is 35.5. The summed E-state index contributed by atoms with van der Waals surface area (Å²) in [5.41, 5.74) is 7.64. The first-order valence-electron chi connectivity index (χ1n) is 10.6. The van der Waals surface area contributed by atoms with Gasteiger partial charge in [0.05, 0.1) is 12.1 Å². The summed E-state index contributed by atoms with van der Waals surface area (Å²) >= 11 is 0. The van der Waals surface area contributed by atoms with E-state index in [1.54, 1.807) is 24.3 Å². The van der Waals surface area contributed by atoms with Crippen molar-refractivity contribution in [1.29, 1.82) is 0 Å². The molecule has 0 spiro atoms. The number of aromatic nitrogens is 1. The predicted molar refractivity (Wildman–Crippen MR) is 122 cm³/mol. The summed E-state index contributed by atoms with van der Waals surface area (Å²) < 4.78 is 29.7. The van der Waals surface area contributed by atoms with E-state index in [0.29, 0.717) is 0 Å². The molecule has 3 aromatic rings. The number of fused-ring (bicyclic) bond motifs is 3. The Kier molecular flexibility index (Phi) is 5.95. The van der Waals surface area contributed by atoms with Crippen LogP contribution in [-0.4, -0.2) is 41.6 Å². The second-order valence-corrected chi connectivity index (χ2v) is 8.65. The quantitative estimate of drug-likeness (QED) is 0.559. The number of hydrogen-bond donors (Lipinski definition) is 0. The molecule has 164 valence electrons. The molecule has 31 heavy (non-hydrogen) atoms. The number of benzene rings is 2. The maximum absolute atomic E-state index is 13.6. The highest BCUT2D eigenvalue weighted by molar-refractivity contribution is 5.85. The molecule has 0 radical (unpaired) electrons. The third-order valence-corrected chi connectivity index (χ3v) is 6.92. The average molecular weight is 444 g/mol. The molecule has 2 aromatic carbocycles. The summed E-state index contributed by atoms with van der Waals surface area (Å²) in [6, 6.07) is 14.0. The first-order valence-corrected chi connectivity index (χ1v) is 10.6. The molecule has 0 saturated carbocycles. The summed E-state index contributed by atoms with van der Waals surface area (Å²) in [5.74, 6) is -0.423. The van der Waals surface area contributed by atoms with Gasteiger partial charge in [-0.2, -0.15) is 0 Å². The summed E-state index contributed by atoms with van der Waals surface area (Å²) in [6.07, 6.45) is 1.99. The standard InChI is InChI=1S/C25H27F2N3.ClH/c1-28-14-12-20-22(24(28)16-4-8-18(26)9-5-16)23-21(30(20)3)13-15-29(2)25(23)17-6-10-19(27)11-7-17;/h4-11,24-25H,12-15H2,1-3H3;1H. The molecule has 6 heteroatoms. The molecule has 0 fully saturated rings. The molecule has 0 saturated heterocycles. The van der Waals surface area contributed by atoms with E-state index in [-0.39, 0.29) is 36.1 Å². The smallest absolute Gasteiger partial charge is 0.123 e. The Hall–Kier alpha value is -2.21. The fraction of sp³-hybridized carbons (Fsp3) is 0.360. The lowest BCUT2D eigenvalue weighted by Crippen LogP contribution is -2.36. The molecule has 2 atom stereocenters. The fourth-order valence-electron chi connectivity index (χ4n) is 5.45. The lowest BCUT2D eigenvalue weighted by atomic mass is 9.83. The van der Waals surface area contributed by atoms with Gasteiger partial charge >= 0.3 is 0 Å². The molecule has 0 amide bonds. The highest BCUT2D eigenvalue weighted by Crippen LogP contribution is 2.46. The molecule has 2 aliphatic rings. The van der Waals surface area contributed by atoms with Crippen LogP contribution in [0.15, 0.2) is 48.5 Å². The first-order chi connectivity index (χ1) is 14.5. The number of nitrogens with zero attached hydrogens (tertiary/aromatic N) is 3. The zero-order valence-corrected chi connectivity index (χ0v) is 18.9. The molecule has 5 rings (SSSR count). The second-order valence-electron chi connectivity index (χ2n) is 8.65. The molecule has 3 nitrogen and oxygen atoms in total. The Morgan fingerprint density at radius 3 is 1.35 bits per heavy atom. The number of halogens is 3. The Bertz CT molecular complexity index is 991. The lowest BCUT2D eigenvalue weighted by Gasteiger charge is -2.38. The van der Waals surface area contributed by atoms with E-state index in [9.17, 15) is 8.78 Å². The maximum atomic E-state index is 13.6. The van der Waals surface area contributed by atoms with Gasteiger partial charge in [0.1, 0.15) is 11.6 Å². The molecule has 0 aliphatic carbocycles. The van der Waals surface area contributed by atoms with Crippen LogP contribution in [0.25, 0.3) is 0 Å². The van der Waals surface area contributed by atoms with Crippen LogP contribution in [0.2, 0.25) is 0 Å². The SMILES string of the molecule is CN1CCc2c(c3c(n2C)CCN(C)C3c2ccc(F)cc2)C1c1ccc(F)cc1.Cl. The van der Waals surface area contributed by atoms with Crippen LogP contribution in [0.4, 0.5) is 8.78 Å². The Morgan fingerprint density at radius 2 is 1.00 bits per heavy atom. The van der Waals surface area contributed by atoms with Crippen molar-refractivity contribution < 1.29 is 8.78 Å². The minimum Gasteiger partial charge on any atom is -0.351 e. The van der Waals surface area contributed by atoms with Crippen molar-refractivity contribution in [1.82, 2.24) is 14.4 Å². The van der Waals surface area contributed by atoms with Crippen LogP contribution < -0.4 is 0 Å². The lowest BCUT2D eigenvalue weighted by molar-refractivity contribution is 0.244. The summed E-state index contributed by atoms with van der Waals surface area (Å²) in [7, 11) is 6.48. The van der Waals surface area contributed by atoms with Gasteiger partial charge in [-0.15, -0.1) is 12.4 Å². The zero-order chi connectivity index (χ0) is 21.0. The van der Waals surface area contributed by atoms with Gasteiger partial charge in [-0.3, -0.25) is 9.80 Å². The van der Waals surface area contributed by atoms with E-state index >= 15 is 0 Å². The van der Waals surface area contributed by atoms with Gasteiger partial charge in [0.25, 0.3) is 0 Å². The molecular weight excluding hydrogens is 416 g/mol. The van der Waals surface area contributed by atoms with Crippen LogP contribution in [0.1, 0.15) is 45.7 Å². The summed E-state index contributed by atoms with van der Waals surface area (Å²) in [6.45, 7) is 1.92. The van der Waals surface area contributed by atoms with Crippen LogP contribution in [0.3, 0.4) is 0 Å². The van der Waals surface area contributed by atoms with E-state index in [2.05, 4.69) is 35.5 Å². The van der Waals surface area contributed by atoms with Gasteiger partial charge in [-0.1, -0.05) is 24.3 Å². The molecule has 1 aromatic heterocycles. The summed E-state index contributed by atoms with van der Waals surface area (Å²) in [5, 5.41) is 0. The van der Waals surface area contributed by atoms with E-state index in [0.717, 1.165) is 37.1 Å². The van der Waals surface area contributed by atoms with Crippen molar-refractivity contribution in [3.05, 3.63) is 93.8 Å². The minimum absolute atomic E-state index is 0. The number of rotatable bonds is 2. The largest absolute Gasteiger partial charge is 0.351 e. The van der Waals surface area contributed by atoms with Gasteiger partial charge in [0, 0.05) is 55.5 Å². The van der Waals surface area contributed by atoms with E-state index in [1.165, 1.54) is 22.5 Å². The van der Waals surface area contributed by atoms with Gasteiger partial charge < -0.3 is 4.57 Å². The Morgan fingerprint density at radius 1 is 0.645 bits per heavy atom. The van der Waals surface area contributed by atoms with Crippen molar-refractivity contribution in [2.75, 3.05) is 27.2 Å². The Balaban J connectivity index is 0.00000231. The predicted octanol–water partition coefficient (Wildman–Crippen LogP) is 4.88. The molecular formula is C25H28ClF2N3. The van der Waals surface area contributed by atoms with Gasteiger partial charge in [0.2, 0.25) is 0 Å². The molecule has 0 N–H and O–H groups in total. The van der Waals surface area contributed by atoms with E-state index in [1.807, 2.05) is 24.3 Å². The van der Waals surface area contributed by atoms with Crippen LogP contribution in [-0.2, 0) is 19.9 Å². The molecule has 2 unspecified atom stereocenters. The fourth-order valence-corrected chi connectivity index (χ4v) is 5.45. The topological polar surface area (TPSA) is 11.4 Å². The third-order valence-electron chi connectivity index (χ3n) is 6.92. The monoisotopic (exact) mass is 443 g/mol. The van der Waals surface area contributed by atoms with Crippen molar-refractivity contribution in [3.8, 4) is 0 Å². The van der Waals surface area contributed by atoms with Gasteiger partial charge in [-0.25, -0.2) is 8.78 Å². The average Bonchev–Trinajstić information content (AvgIpc) is 3.02. The molecule has 0 bridgehead atoms. The highest BCUT2D eigenvalue weighted by Gasteiger charge is 2.39. The van der Waals surface area contributed by atoms with Gasteiger partial charge in [-0.05, 0) is 49.5 Å². The third kappa shape index (κ3) is 3.59. The maximum Gasteiger partial charge on any atom is 0.123 e. The van der Waals surface area contributed by atoms with Crippen LogP contribution >= 0.6 is 12.4 Å². The number of hydrogen-bond acceptors (Lipinski definition) is 2. The molecule has 2 aliphatic heterocycles.